The van der Waals surface area contributed by atoms with E-state index in [1.807, 2.05) is 49.4 Å². The Morgan fingerprint density at radius 2 is 2.08 bits per heavy atom. The van der Waals surface area contributed by atoms with Crippen LogP contribution in [0.4, 0.5) is 0 Å². The third-order valence-electron chi connectivity index (χ3n) is 4.16. The highest BCUT2D eigenvalue weighted by Gasteiger charge is 2.38. The van der Waals surface area contributed by atoms with Gasteiger partial charge in [0.1, 0.15) is 5.75 Å². The molecule has 0 saturated carbocycles. The molecule has 1 aliphatic heterocycles. The fraction of sp³-hybridized carbons (Fsp3) is 0.278. The third kappa shape index (κ3) is 2.81. The van der Waals surface area contributed by atoms with Crippen LogP contribution < -0.4 is 10.1 Å². The topological polar surface area (TPSA) is 77.8 Å². The van der Waals surface area contributed by atoms with Crippen molar-refractivity contribution in [3.05, 3.63) is 53.6 Å². The Morgan fingerprint density at radius 1 is 1.29 bits per heavy atom. The Hall–Kier alpha value is -2.57. The van der Waals surface area contributed by atoms with E-state index < -0.39 is 5.72 Å². The van der Waals surface area contributed by atoms with Crippen LogP contribution in [0.5, 0.6) is 5.75 Å². The van der Waals surface area contributed by atoms with Crippen molar-refractivity contribution in [3.8, 4) is 16.9 Å². The Bertz CT molecular complexity index is 778. The van der Waals surface area contributed by atoms with Gasteiger partial charge < -0.3 is 15.2 Å². The number of hydrogen-bond acceptors (Lipinski definition) is 4. The molecule has 3 N–H and O–H groups in total. The summed E-state index contributed by atoms with van der Waals surface area (Å²) in [6, 6.07) is 13.5. The quantitative estimate of drug-likeness (QED) is 0.804. The van der Waals surface area contributed by atoms with Crippen molar-refractivity contribution in [2.24, 2.45) is 0 Å². The average Bonchev–Trinajstić information content (AvgIpc) is 2.88. The van der Waals surface area contributed by atoms with Crippen molar-refractivity contribution in [1.29, 1.82) is 5.41 Å². The monoisotopic (exact) mass is 327 g/mol. The zero-order chi connectivity index (χ0) is 17.3. The van der Waals surface area contributed by atoms with Crippen molar-refractivity contribution < 1.29 is 14.7 Å². The van der Waals surface area contributed by atoms with E-state index in [1.54, 1.807) is 14.2 Å². The molecule has 1 fully saturated rings. The van der Waals surface area contributed by atoms with Crippen LogP contribution in [-0.2, 0) is 17.2 Å². The van der Waals surface area contributed by atoms with E-state index in [2.05, 4.69) is 5.32 Å². The van der Waals surface area contributed by atoms with Crippen LogP contribution >= 0.6 is 0 Å². The van der Waals surface area contributed by atoms with Gasteiger partial charge in [0, 0.05) is 18.2 Å². The lowest BCUT2D eigenvalue weighted by Crippen LogP contribution is -2.36. The molecular weight excluding hydrogens is 306 g/mol. The second-order valence-corrected chi connectivity index (χ2v) is 5.87. The zero-order valence-corrected chi connectivity index (χ0v) is 14.0. The fourth-order valence-corrected chi connectivity index (χ4v) is 2.83. The SMILES string of the molecule is COc1ccc(CO)cc1-c1cccc(C2(C)NC(=N)N(C)O2)c1. The predicted octanol–water partition coefficient (Wildman–Crippen LogP) is 2.43. The summed E-state index contributed by atoms with van der Waals surface area (Å²) in [4.78, 5) is 5.77. The number of guanidine groups is 1. The minimum absolute atomic E-state index is 0.0268. The molecule has 126 valence electrons. The normalized spacial score (nSPS) is 20.2. The van der Waals surface area contributed by atoms with Gasteiger partial charge in [-0.1, -0.05) is 24.3 Å². The lowest BCUT2D eigenvalue weighted by Gasteiger charge is -2.23. The number of benzene rings is 2. The van der Waals surface area contributed by atoms with Crippen molar-refractivity contribution >= 4 is 5.96 Å². The zero-order valence-electron chi connectivity index (χ0n) is 14.0. The van der Waals surface area contributed by atoms with E-state index >= 15 is 0 Å². The summed E-state index contributed by atoms with van der Waals surface area (Å²) in [5.41, 5.74) is 2.76. The van der Waals surface area contributed by atoms with E-state index in [9.17, 15) is 5.11 Å². The first-order chi connectivity index (χ1) is 11.5. The predicted molar refractivity (Wildman–Crippen MR) is 91.4 cm³/mol. The highest BCUT2D eigenvalue weighted by atomic mass is 16.7. The van der Waals surface area contributed by atoms with Crippen LogP contribution in [0.15, 0.2) is 42.5 Å². The van der Waals surface area contributed by atoms with E-state index in [4.69, 9.17) is 15.0 Å². The highest BCUT2D eigenvalue weighted by molar-refractivity contribution is 5.78. The molecule has 1 unspecified atom stereocenters. The lowest BCUT2D eigenvalue weighted by molar-refractivity contribution is -0.161. The Kier molecular flexibility index (Phi) is 4.17. The highest BCUT2D eigenvalue weighted by Crippen LogP contribution is 2.35. The smallest absolute Gasteiger partial charge is 0.217 e. The molecule has 0 radical (unpaired) electrons. The molecule has 0 bridgehead atoms. The lowest BCUT2D eigenvalue weighted by atomic mass is 9.96. The summed E-state index contributed by atoms with van der Waals surface area (Å²) in [7, 11) is 3.32. The fourth-order valence-electron chi connectivity index (χ4n) is 2.83. The van der Waals surface area contributed by atoms with Crippen molar-refractivity contribution in [2.75, 3.05) is 14.2 Å². The van der Waals surface area contributed by atoms with Crippen molar-refractivity contribution in [2.45, 2.75) is 19.3 Å². The first-order valence-corrected chi connectivity index (χ1v) is 7.65. The molecule has 6 nitrogen and oxygen atoms in total. The molecule has 0 aromatic heterocycles. The summed E-state index contributed by atoms with van der Waals surface area (Å²) in [5.74, 6) is 0.947. The Balaban J connectivity index is 2.04. The molecule has 24 heavy (non-hydrogen) atoms. The number of hydrogen-bond donors (Lipinski definition) is 3. The molecule has 1 heterocycles. The number of methoxy groups -OCH3 is 1. The van der Waals surface area contributed by atoms with Gasteiger partial charge in [-0.2, -0.15) is 0 Å². The second kappa shape index (κ2) is 6.14. The standard InChI is InChI=1S/C18H21N3O3/c1-18(20-17(19)21(2)24-18)14-6-4-5-13(10-14)15-9-12(11-22)7-8-16(15)23-3/h4-10,22H,11H2,1-3H3,(H2,19,20). The Labute approximate surface area is 141 Å². The molecule has 0 spiro atoms. The summed E-state index contributed by atoms with van der Waals surface area (Å²) in [6.45, 7) is 1.85. The largest absolute Gasteiger partial charge is 0.496 e. The van der Waals surface area contributed by atoms with Crippen LogP contribution in [-0.4, -0.2) is 30.3 Å². The van der Waals surface area contributed by atoms with E-state index in [0.717, 1.165) is 28.0 Å². The molecule has 0 aliphatic carbocycles. The summed E-state index contributed by atoms with van der Waals surface area (Å²) in [6.07, 6.45) is 0. The molecule has 1 saturated heterocycles. The van der Waals surface area contributed by atoms with Crippen LogP contribution in [0.3, 0.4) is 0 Å². The molecule has 1 atom stereocenters. The molecule has 3 rings (SSSR count). The molecule has 2 aromatic rings. The molecular formula is C18H21N3O3. The van der Waals surface area contributed by atoms with Crippen LogP contribution in [0.2, 0.25) is 0 Å². The van der Waals surface area contributed by atoms with Crippen molar-refractivity contribution in [1.82, 2.24) is 10.4 Å². The molecule has 2 aromatic carbocycles. The summed E-state index contributed by atoms with van der Waals surface area (Å²) < 4.78 is 5.45. The van der Waals surface area contributed by atoms with Gasteiger partial charge in [-0.3, -0.25) is 5.41 Å². The number of hydroxylamine groups is 2. The van der Waals surface area contributed by atoms with Crippen LogP contribution in [0.1, 0.15) is 18.1 Å². The van der Waals surface area contributed by atoms with Gasteiger partial charge in [-0.15, -0.1) is 0 Å². The minimum atomic E-state index is -0.802. The first kappa shape index (κ1) is 16.3. The average molecular weight is 327 g/mol. The van der Waals surface area contributed by atoms with E-state index in [-0.39, 0.29) is 12.6 Å². The maximum Gasteiger partial charge on any atom is 0.217 e. The first-order valence-electron chi connectivity index (χ1n) is 7.65. The summed E-state index contributed by atoms with van der Waals surface area (Å²) in [5, 5.41) is 21.7. The maximum atomic E-state index is 9.40. The molecule has 1 aliphatic rings. The second-order valence-electron chi connectivity index (χ2n) is 5.87. The number of nitrogens with zero attached hydrogens (tertiary/aromatic N) is 1. The van der Waals surface area contributed by atoms with Gasteiger partial charge in [-0.25, -0.2) is 9.90 Å². The summed E-state index contributed by atoms with van der Waals surface area (Å²) >= 11 is 0. The number of aliphatic hydroxyl groups is 1. The molecule has 6 heteroatoms. The van der Waals surface area contributed by atoms with E-state index in [1.165, 1.54) is 5.06 Å². The number of ether oxygens (including phenoxy) is 1. The molecule has 0 amide bonds. The number of nitrogens with one attached hydrogen (secondary N) is 2. The van der Waals surface area contributed by atoms with Crippen LogP contribution in [0.25, 0.3) is 11.1 Å². The van der Waals surface area contributed by atoms with Gasteiger partial charge in [-0.05, 0) is 36.2 Å². The van der Waals surface area contributed by atoms with Gasteiger partial charge in [0.2, 0.25) is 5.96 Å². The van der Waals surface area contributed by atoms with E-state index in [0.29, 0.717) is 0 Å². The number of aliphatic hydroxyl groups excluding tert-OH is 1. The van der Waals surface area contributed by atoms with Gasteiger partial charge in [0.05, 0.1) is 13.7 Å². The van der Waals surface area contributed by atoms with Crippen molar-refractivity contribution in [3.63, 3.8) is 0 Å². The minimum Gasteiger partial charge on any atom is -0.496 e. The maximum absolute atomic E-state index is 9.40. The van der Waals surface area contributed by atoms with Crippen LogP contribution in [0, 0.1) is 5.41 Å². The van der Waals surface area contributed by atoms with Gasteiger partial charge >= 0.3 is 0 Å². The van der Waals surface area contributed by atoms with Gasteiger partial charge in [0.15, 0.2) is 5.72 Å². The Morgan fingerprint density at radius 3 is 2.71 bits per heavy atom. The van der Waals surface area contributed by atoms with Gasteiger partial charge in [0.25, 0.3) is 0 Å². The number of rotatable bonds is 4. The third-order valence-corrected chi connectivity index (χ3v) is 4.16.